The molecule has 0 spiro atoms. The number of hydrogen-bond acceptors (Lipinski definition) is 3. The predicted molar refractivity (Wildman–Crippen MR) is 68.8 cm³/mol. The summed E-state index contributed by atoms with van der Waals surface area (Å²) < 4.78 is 0. The molecule has 2 aromatic rings. The Kier molecular flexibility index (Phi) is 2.65. The van der Waals surface area contributed by atoms with Crippen LogP contribution in [0.1, 0.15) is 24.1 Å². The van der Waals surface area contributed by atoms with Gasteiger partial charge in [0.15, 0.2) is 0 Å². The highest BCUT2D eigenvalue weighted by molar-refractivity contribution is 6.31. The topological polar surface area (TPSA) is 45.1 Å². The second-order valence-corrected chi connectivity index (χ2v) is 4.83. The maximum absolute atomic E-state index is 9.35. The Morgan fingerprint density at radius 2 is 2.06 bits per heavy atom. The SMILES string of the molecule is ONc1c2c(nc3cc(Cl)ccc13)CCCC2. The highest BCUT2D eigenvalue weighted by Crippen LogP contribution is 2.33. The van der Waals surface area contributed by atoms with Crippen LogP contribution in [-0.2, 0) is 12.8 Å². The molecule has 3 nitrogen and oxygen atoms in total. The van der Waals surface area contributed by atoms with Gasteiger partial charge < -0.3 is 0 Å². The van der Waals surface area contributed by atoms with Crippen molar-refractivity contribution < 1.29 is 5.21 Å². The number of nitrogens with one attached hydrogen (secondary N) is 1. The lowest BCUT2D eigenvalue weighted by Crippen LogP contribution is -2.09. The van der Waals surface area contributed by atoms with Gasteiger partial charge in [0.25, 0.3) is 0 Å². The molecule has 0 aliphatic heterocycles. The van der Waals surface area contributed by atoms with Gasteiger partial charge >= 0.3 is 0 Å². The summed E-state index contributed by atoms with van der Waals surface area (Å²) in [6.07, 6.45) is 4.27. The first-order chi connectivity index (χ1) is 8.29. The second kappa shape index (κ2) is 4.17. The van der Waals surface area contributed by atoms with Crippen LogP contribution in [0.2, 0.25) is 5.02 Å². The molecule has 0 radical (unpaired) electrons. The van der Waals surface area contributed by atoms with Gasteiger partial charge in [0.1, 0.15) is 0 Å². The number of benzene rings is 1. The Morgan fingerprint density at radius 3 is 2.88 bits per heavy atom. The maximum Gasteiger partial charge on any atom is 0.0746 e. The third kappa shape index (κ3) is 1.75. The summed E-state index contributed by atoms with van der Waals surface area (Å²) in [6, 6.07) is 5.56. The summed E-state index contributed by atoms with van der Waals surface area (Å²) in [4.78, 5) is 4.65. The number of pyridine rings is 1. The molecule has 0 unspecified atom stereocenters. The van der Waals surface area contributed by atoms with Crippen molar-refractivity contribution in [2.24, 2.45) is 0 Å². The first-order valence-corrected chi connectivity index (χ1v) is 6.18. The molecule has 88 valence electrons. The summed E-state index contributed by atoms with van der Waals surface area (Å²) in [5, 5.41) is 10.9. The summed E-state index contributed by atoms with van der Waals surface area (Å²) in [7, 11) is 0. The Morgan fingerprint density at radius 1 is 1.24 bits per heavy atom. The summed E-state index contributed by atoms with van der Waals surface area (Å²) in [5.74, 6) is 0. The van der Waals surface area contributed by atoms with E-state index in [0.29, 0.717) is 5.02 Å². The first-order valence-electron chi connectivity index (χ1n) is 5.80. The summed E-state index contributed by atoms with van der Waals surface area (Å²) in [5.41, 5.74) is 6.20. The smallest absolute Gasteiger partial charge is 0.0746 e. The quantitative estimate of drug-likeness (QED) is 0.759. The van der Waals surface area contributed by atoms with E-state index < -0.39 is 0 Å². The van der Waals surface area contributed by atoms with Crippen LogP contribution < -0.4 is 5.48 Å². The lowest BCUT2D eigenvalue weighted by atomic mass is 9.93. The predicted octanol–water partition coefficient (Wildman–Crippen LogP) is 3.57. The van der Waals surface area contributed by atoms with Crippen molar-refractivity contribution in [1.82, 2.24) is 4.98 Å². The Hall–Kier alpha value is -1.32. The van der Waals surface area contributed by atoms with E-state index in [-0.39, 0.29) is 0 Å². The van der Waals surface area contributed by atoms with Gasteiger partial charge in [-0.15, -0.1) is 0 Å². The largest absolute Gasteiger partial charge is 0.291 e. The van der Waals surface area contributed by atoms with E-state index in [9.17, 15) is 5.21 Å². The summed E-state index contributed by atoms with van der Waals surface area (Å²) >= 11 is 5.97. The number of aryl methyl sites for hydroxylation is 1. The minimum atomic E-state index is 0.671. The molecule has 1 heterocycles. The molecule has 1 aliphatic carbocycles. The molecule has 0 bridgehead atoms. The molecular weight excluding hydrogens is 236 g/mol. The zero-order valence-electron chi connectivity index (χ0n) is 9.33. The highest BCUT2D eigenvalue weighted by atomic mass is 35.5. The zero-order chi connectivity index (χ0) is 11.8. The molecular formula is C13H13ClN2O. The van der Waals surface area contributed by atoms with Crippen LogP contribution in [-0.4, -0.2) is 10.2 Å². The van der Waals surface area contributed by atoms with Gasteiger partial charge in [-0.2, -0.15) is 0 Å². The minimum Gasteiger partial charge on any atom is -0.291 e. The number of halogens is 1. The van der Waals surface area contributed by atoms with Crippen LogP contribution >= 0.6 is 11.6 Å². The lowest BCUT2D eigenvalue weighted by Gasteiger charge is -2.19. The van der Waals surface area contributed by atoms with Crippen LogP contribution in [0, 0.1) is 0 Å². The number of aromatic nitrogens is 1. The minimum absolute atomic E-state index is 0.671. The van der Waals surface area contributed by atoms with E-state index in [0.717, 1.165) is 53.5 Å². The molecule has 17 heavy (non-hydrogen) atoms. The van der Waals surface area contributed by atoms with Crippen LogP contribution in [0.15, 0.2) is 18.2 Å². The average molecular weight is 249 g/mol. The van der Waals surface area contributed by atoms with E-state index in [1.807, 2.05) is 18.2 Å². The molecule has 2 N–H and O–H groups in total. The third-order valence-electron chi connectivity index (χ3n) is 3.34. The van der Waals surface area contributed by atoms with Gasteiger partial charge in [0, 0.05) is 16.1 Å². The molecule has 0 saturated carbocycles. The molecule has 0 fully saturated rings. The fraction of sp³-hybridized carbons (Fsp3) is 0.308. The second-order valence-electron chi connectivity index (χ2n) is 4.39. The average Bonchev–Trinajstić information content (AvgIpc) is 2.35. The number of hydrogen-bond donors (Lipinski definition) is 2. The van der Waals surface area contributed by atoms with Crippen molar-refractivity contribution in [3.8, 4) is 0 Å². The lowest BCUT2D eigenvalue weighted by molar-refractivity contribution is 0.388. The third-order valence-corrected chi connectivity index (χ3v) is 3.57. The van der Waals surface area contributed by atoms with Crippen molar-refractivity contribution in [1.29, 1.82) is 0 Å². The normalized spacial score (nSPS) is 14.7. The van der Waals surface area contributed by atoms with E-state index >= 15 is 0 Å². The summed E-state index contributed by atoms with van der Waals surface area (Å²) in [6.45, 7) is 0. The molecule has 1 aliphatic rings. The number of nitrogens with zero attached hydrogens (tertiary/aromatic N) is 1. The van der Waals surface area contributed by atoms with Gasteiger partial charge in [0.2, 0.25) is 0 Å². The van der Waals surface area contributed by atoms with Crippen LogP contribution in [0.25, 0.3) is 10.9 Å². The van der Waals surface area contributed by atoms with E-state index in [1.54, 1.807) is 0 Å². The van der Waals surface area contributed by atoms with E-state index in [4.69, 9.17) is 11.6 Å². The monoisotopic (exact) mass is 248 g/mol. The van der Waals surface area contributed by atoms with Crippen LogP contribution in [0.4, 0.5) is 5.69 Å². The maximum atomic E-state index is 9.35. The van der Waals surface area contributed by atoms with Crippen molar-refractivity contribution >= 4 is 28.2 Å². The van der Waals surface area contributed by atoms with E-state index in [2.05, 4.69) is 10.5 Å². The molecule has 1 aromatic carbocycles. The fourth-order valence-corrected chi connectivity index (χ4v) is 2.69. The molecule has 3 rings (SSSR count). The number of rotatable bonds is 1. The first kappa shape index (κ1) is 10.8. The van der Waals surface area contributed by atoms with Gasteiger partial charge in [-0.25, -0.2) is 0 Å². The van der Waals surface area contributed by atoms with Crippen molar-refractivity contribution in [3.05, 3.63) is 34.5 Å². The van der Waals surface area contributed by atoms with Crippen LogP contribution in [0.5, 0.6) is 0 Å². The number of anilines is 1. The van der Waals surface area contributed by atoms with Gasteiger partial charge in [-0.05, 0) is 49.4 Å². The molecule has 0 amide bonds. The molecule has 0 atom stereocenters. The van der Waals surface area contributed by atoms with Crippen molar-refractivity contribution in [2.75, 3.05) is 5.48 Å². The molecule has 1 aromatic heterocycles. The van der Waals surface area contributed by atoms with Gasteiger partial charge in [0.05, 0.1) is 11.2 Å². The Labute approximate surface area is 104 Å². The van der Waals surface area contributed by atoms with Crippen LogP contribution in [0.3, 0.4) is 0 Å². The van der Waals surface area contributed by atoms with Gasteiger partial charge in [-0.3, -0.25) is 15.7 Å². The van der Waals surface area contributed by atoms with Crippen molar-refractivity contribution in [2.45, 2.75) is 25.7 Å². The highest BCUT2D eigenvalue weighted by Gasteiger charge is 2.17. The standard InChI is InChI=1S/C13H13ClN2O/c14-8-5-6-10-12(7-8)15-11-4-2-1-3-9(11)13(10)16-17/h5-7,17H,1-4H2,(H,15,16). The zero-order valence-corrected chi connectivity index (χ0v) is 10.1. The van der Waals surface area contributed by atoms with Gasteiger partial charge in [-0.1, -0.05) is 11.6 Å². The Balaban J connectivity index is 2.34. The van der Waals surface area contributed by atoms with E-state index in [1.165, 1.54) is 0 Å². The van der Waals surface area contributed by atoms with Crippen molar-refractivity contribution in [3.63, 3.8) is 0 Å². The molecule has 0 saturated heterocycles. The number of fused-ring (bicyclic) bond motifs is 2. The Bertz CT molecular complexity index is 583. The molecule has 4 heteroatoms. The fourth-order valence-electron chi connectivity index (χ4n) is 2.53.